The van der Waals surface area contributed by atoms with Gasteiger partial charge in [-0.3, -0.25) is 45.4 Å². The Balaban J connectivity index is 0.00000200. The van der Waals surface area contributed by atoms with Gasteiger partial charge in [0.05, 0.1) is 0 Å². The molecule has 0 saturated carbocycles. The van der Waals surface area contributed by atoms with E-state index in [4.69, 9.17) is 0 Å². The van der Waals surface area contributed by atoms with Crippen molar-refractivity contribution in [2.75, 3.05) is 0 Å². The molecule has 2 fully saturated rings. The van der Waals surface area contributed by atoms with Gasteiger partial charge in [-0.25, -0.2) is 9.59 Å². The SMILES string of the molecule is N.O.O=C1NC(=O)C(=NC2C(=O)NC(=O)NC2=O)C(=O)N1. The molecule has 0 aromatic heterocycles. The molecule has 2 rings (SSSR count). The molecular formula is C8H10N6O7. The summed E-state index contributed by atoms with van der Waals surface area (Å²) in [5.41, 5.74) is -0.816. The lowest BCUT2D eigenvalue weighted by Gasteiger charge is -2.19. The molecule has 0 unspecified atom stereocenters. The Kier molecular flexibility index (Phi) is 5.35. The van der Waals surface area contributed by atoms with E-state index in [0.717, 1.165) is 0 Å². The summed E-state index contributed by atoms with van der Waals surface area (Å²) in [4.78, 5) is 70.2. The summed E-state index contributed by atoms with van der Waals surface area (Å²) in [5.74, 6) is -4.46. The molecule has 13 nitrogen and oxygen atoms in total. The van der Waals surface area contributed by atoms with E-state index in [2.05, 4.69) is 4.99 Å². The highest BCUT2D eigenvalue weighted by molar-refractivity contribution is 6.69. The molecule has 2 saturated heterocycles. The molecule has 0 aliphatic carbocycles. The van der Waals surface area contributed by atoms with Crippen LogP contribution in [0.1, 0.15) is 0 Å². The van der Waals surface area contributed by atoms with Crippen molar-refractivity contribution in [2.24, 2.45) is 4.99 Å². The van der Waals surface area contributed by atoms with Crippen LogP contribution in [0.5, 0.6) is 0 Å². The second-order valence-corrected chi connectivity index (χ2v) is 3.43. The molecule has 0 aromatic rings. The number of carbonyl (C=O) groups is 6. The van der Waals surface area contributed by atoms with Gasteiger partial charge in [-0.1, -0.05) is 0 Å². The fourth-order valence-electron chi connectivity index (χ4n) is 1.33. The van der Waals surface area contributed by atoms with Crippen LogP contribution in [-0.2, 0) is 19.2 Å². The highest BCUT2D eigenvalue weighted by Crippen LogP contribution is 2.00. The van der Waals surface area contributed by atoms with Gasteiger partial charge in [0.2, 0.25) is 6.04 Å². The van der Waals surface area contributed by atoms with Crippen LogP contribution in [0.4, 0.5) is 9.59 Å². The van der Waals surface area contributed by atoms with Gasteiger partial charge in [0.25, 0.3) is 23.6 Å². The van der Waals surface area contributed by atoms with Crippen LogP contribution in [0.25, 0.3) is 0 Å². The largest absolute Gasteiger partial charge is 0.412 e. The summed E-state index contributed by atoms with van der Waals surface area (Å²) in [6.45, 7) is 0. The summed E-state index contributed by atoms with van der Waals surface area (Å²) in [5, 5.41) is 6.91. The Bertz CT molecular complexity index is 540. The van der Waals surface area contributed by atoms with E-state index < -0.39 is 47.4 Å². The topological polar surface area (TPSA) is 229 Å². The van der Waals surface area contributed by atoms with Crippen LogP contribution in [0, 0.1) is 0 Å². The van der Waals surface area contributed by atoms with E-state index in [0.29, 0.717) is 0 Å². The zero-order valence-corrected chi connectivity index (χ0v) is 10.2. The minimum atomic E-state index is -1.77. The average molecular weight is 302 g/mol. The fraction of sp³-hybridized carbons (Fsp3) is 0.125. The average Bonchev–Trinajstić information content (AvgIpc) is 2.25. The van der Waals surface area contributed by atoms with E-state index in [-0.39, 0.29) is 11.6 Å². The lowest BCUT2D eigenvalue weighted by atomic mass is 10.2. The second kappa shape index (κ2) is 6.31. The number of urea groups is 2. The van der Waals surface area contributed by atoms with Gasteiger partial charge in [-0.2, -0.15) is 0 Å². The number of imide groups is 4. The Hall–Kier alpha value is -3.19. The molecule has 0 atom stereocenters. The monoisotopic (exact) mass is 302 g/mol. The first-order valence-corrected chi connectivity index (χ1v) is 4.78. The number of nitrogens with zero attached hydrogens (tertiary/aromatic N) is 1. The molecule has 2 heterocycles. The quantitative estimate of drug-likeness (QED) is 0.300. The van der Waals surface area contributed by atoms with Crippen LogP contribution < -0.4 is 27.4 Å². The number of nitrogens with one attached hydrogen (secondary N) is 4. The molecule has 2 aliphatic rings. The van der Waals surface area contributed by atoms with Crippen LogP contribution in [0.2, 0.25) is 0 Å². The van der Waals surface area contributed by atoms with Gasteiger partial charge in [0, 0.05) is 0 Å². The summed E-state index contributed by atoms with van der Waals surface area (Å²) in [6, 6.07) is -3.83. The number of barbiturate groups is 2. The number of rotatable bonds is 1. The molecule has 13 heteroatoms. The van der Waals surface area contributed by atoms with E-state index in [1.54, 1.807) is 21.3 Å². The molecule has 8 amide bonds. The van der Waals surface area contributed by atoms with Crippen molar-refractivity contribution in [1.82, 2.24) is 27.4 Å². The number of aliphatic imine (C=N–C) groups is 1. The van der Waals surface area contributed by atoms with Crippen molar-refractivity contribution in [2.45, 2.75) is 6.04 Å². The molecule has 0 aromatic carbocycles. The summed E-state index contributed by atoms with van der Waals surface area (Å²) < 4.78 is 0. The third kappa shape index (κ3) is 3.43. The maximum Gasteiger partial charge on any atom is 0.328 e. The van der Waals surface area contributed by atoms with Crippen LogP contribution >= 0.6 is 0 Å². The number of hydrogen-bond acceptors (Lipinski definition) is 8. The maximum absolute atomic E-state index is 11.3. The van der Waals surface area contributed by atoms with Gasteiger partial charge in [0.15, 0.2) is 5.71 Å². The van der Waals surface area contributed by atoms with Gasteiger partial charge >= 0.3 is 12.1 Å². The van der Waals surface area contributed by atoms with Crippen LogP contribution in [-0.4, -0.2) is 52.9 Å². The van der Waals surface area contributed by atoms with Gasteiger partial charge in [0.1, 0.15) is 0 Å². The van der Waals surface area contributed by atoms with Crippen LogP contribution in [0.3, 0.4) is 0 Å². The van der Waals surface area contributed by atoms with Gasteiger partial charge in [-0.15, -0.1) is 0 Å². The maximum atomic E-state index is 11.3. The number of amides is 8. The predicted molar refractivity (Wildman–Crippen MR) is 63.2 cm³/mol. The fourth-order valence-corrected chi connectivity index (χ4v) is 1.33. The zero-order chi connectivity index (χ0) is 14.2. The lowest BCUT2D eigenvalue weighted by Crippen LogP contribution is -2.60. The van der Waals surface area contributed by atoms with Crippen molar-refractivity contribution in [3.8, 4) is 0 Å². The highest BCUT2D eigenvalue weighted by Gasteiger charge is 2.37. The molecule has 9 N–H and O–H groups in total. The van der Waals surface area contributed by atoms with Gasteiger partial charge < -0.3 is 11.6 Å². The summed E-state index contributed by atoms with van der Waals surface area (Å²) in [6.07, 6.45) is 0. The molecular weight excluding hydrogens is 292 g/mol. The zero-order valence-electron chi connectivity index (χ0n) is 10.2. The first-order chi connectivity index (χ1) is 8.88. The van der Waals surface area contributed by atoms with Gasteiger partial charge in [-0.05, 0) is 0 Å². The minimum Gasteiger partial charge on any atom is -0.412 e. The highest BCUT2D eigenvalue weighted by atomic mass is 16.2. The molecule has 114 valence electrons. The molecule has 21 heavy (non-hydrogen) atoms. The molecule has 0 spiro atoms. The minimum absolute atomic E-state index is 0. The summed E-state index contributed by atoms with van der Waals surface area (Å²) in [7, 11) is 0. The standard InChI is InChI=1S/C8H5N5O6.H3N.H2O/c14-3-1(4(15)11-7(18)10-3)9-2-5(16)12-8(19)13-6(2)17;;/h1H,(H2,10,11,14,15,18)(H2,12,13,16,17,19);1H3;1H2. The Labute approximate surface area is 115 Å². The first-order valence-electron chi connectivity index (χ1n) is 4.78. The van der Waals surface area contributed by atoms with Crippen molar-refractivity contribution in [1.29, 1.82) is 0 Å². The predicted octanol–water partition coefficient (Wildman–Crippen LogP) is -4.13. The first kappa shape index (κ1) is 17.8. The van der Waals surface area contributed by atoms with E-state index in [9.17, 15) is 28.8 Å². The van der Waals surface area contributed by atoms with Crippen molar-refractivity contribution in [3.63, 3.8) is 0 Å². The van der Waals surface area contributed by atoms with E-state index >= 15 is 0 Å². The third-order valence-corrected chi connectivity index (χ3v) is 2.11. The molecule has 2 aliphatic heterocycles. The molecule has 0 radical (unpaired) electrons. The third-order valence-electron chi connectivity index (χ3n) is 2.11. The summed E-state index contributed by atoms with van der Waals surface area (Å²) >= 11 is 0. The normalized spacial score (nSPS) is 18.6. The second-order valence-electron chi connectivity index (χ2n) is 3.43. The Morgan fingerprint density at radius 2 is 1.10 bits per heavy atom. The van der Waals surface area contributed by atoms with Crippen LogP contribution in [0.15, 0.2) is 4.99 Å². The van der Waals surface area contributed by atoms with Crippen molar-refractivity contribution < 1.29 is 34.2 Å². The van der Waals surface area contributed by atoms with Crippen molar-refractivity contribution >= 4 is 41.4 Å². The smallest absolute Gasteiger partial charge is 0.328 e. The molecule has 0 bridgehead atoms. The van der Waals surface area contributed by atoms with E-state index in [1.807, 2.05) is 0 Å². The number of carbonyl (C=O) groups excluding carboxylic acids is 6. The van der Waals surface area contributed by atoms with Crippen molar-refractivity contribution in [3.05, 3.63) is 0 Å². The lowest BCUT2D eigenvalue weighted by molar-refractivity contribution is -0.131. The number of hydrogen-bond donors (Lipinski definition) is 5. The Morgan fingerprint density at radius 1 is 0.714 bits per heavy atom. The van der Waals surface area contributed by atoms with E-state index in [1.165, 1.54) is 0 Å². The Morgan fingerprint density at radius 3 is 1.52 bits per heavy atom.